The third-order valence-electron chi connectivity index (χ3n) is 4.75. The van der Waals surface area contributed by atoms with Crippen LogP contribution in [0.5, 0.6) is 0 Å². The summed E-state index contributed by atoms with van der Waals surface area (Å²) in [4.78, 5) is 20.3. The molecule has 0 aliphatic carbocycles. The molecule has 1 amide bonds. The number of hydrogen-bond acceptors (Lipinski definition) is 2. The first-order valence-electron chi connectivity index (χ1n) is 9.37. The molecule has 146 valence electrons. The Bertz CT molecular complexity index is 1140. The van der Waals surface area contributed by atoms with Crippen molar-refractivity contribution in [2.75, 3.05) is 5.32 Å². The first-order chi connectivity index (χ1) is 14.1. The van der Waals surface area contributed by atoms with Crippen LogP contribution in [0.1, 0.15) is 18.4 Å². The molecule has 4 rings (SSSR count). The Kier molecular flexibility index (Phi) is 5.97. The topological polar surface area (TPSA) is 57.8 Å². The lowest BCUT2D eigenvalue weighted by atomic mass is 10.0. The second-order valence-electron chi connectivity index (χ2n) is 6.79. The number of fused-ring (bicyclic) bond motifs is 1. The average molecular weight is 469 g/mol. The van der Waals surface area contributed by atoms with Gasteiger partial charge >= 0.3 is 0 Å². The number of halogens is 2. The summed E-state index contributed by atoms with van der Waals surface area (Å²) < 4.78 is 0.982. The van der Waals surface area contributed by atoms with Crippen molar-refractivity contribution >= 4 is 50.0 Å². The number of carbonyl (C=O) groups is 1. The van der Waals surface area contributed by atoms with Crippen molar-refractivity contribution in [1.82, 2.24) is 9.97 Å². The summed E-state index contributed by atoms with van der Waals surface area (Å²) in [7, 11) is 0. The number of nitrogens with one attached hydrogen (secondary N) is 2. The fraction of sp³-hybridized carbons (Fsp3) is 0.130. The molecule has 4 nitrogen and oxygen atoms in total. The van der Waals surface area contributed by atoms with Crippen LogP contribution in [0, 0.1) is 0 Å². The van der Waals surface area contributed by atoms with E-state index in [4.69, 9.17) is 11.6 Å². The first-order valence-corrected chi connectivity index (χ1v) is 10.5. The van der Waals surface area contributed by atoms with E-state index in [1.807, 2.05) is 60.7 Å². The Balaban J connectivity index is 1.51. The summed E-state index contributed by atoms with van der Waals surface area (Å²) in [6.45, 7) is 0. The quantitative estimate of drug-likeness (QED) is 0.334. The number of aromatic amines is 1. The molecule has 2 aromatic heterocycles. The highest BCUT2D eigenvalue weighted by molar-refractivity contribution is 9.10. The van der Waals surface area contributed by atoms with E-state index in [-0.39, 0.29) is 5.91 Å². The molecule has 0 saturated carbocycles. The molecule has 2 aromatic carbocycles. The zero-order chi connectivity index (χ0) is 20.2. The summed E-state index contributed by atoms with van der Waals surface area (Å²) in [6, 6.07) is 19.2. The van der Waals surface area contributed by atoms with Gasteiger partial charge in [-0.25, -0.2) is 0 Å². The zero-order valence-corrected chi connectivity index (χ0v) is 17.9. The van der Waals surface area contributed by atoms with Crippen LogP contribution in [-0.2, 0) is 11.2 Å². The summed E-state index contributed by atoms with van der Waals surface area (Å²) in [5, 5.41) is 4.71. The van der Waals surface area contributed by atoms with Crippen molar-refractivity contribution in [2.24, 2.45) is 0 Å². The lowest BCUT2D eigenvalue weighted by Crippen LogP contribution is -2.11. The van der Waals surface area contributed by atoms with Crippen molar-refractivity contribution in [1.29, 1.82) is 0 Å². The molecular formula is C23H19BrClN3O. The Morgan fingerprint density at radius 1 is 1.10 bits per heavy atom. The molecule has 0 bridgehead atoms. The van der Waals surface area contributed by atoms with E-state index < -0.39 is 0 Å². The normalized spacial score (nSPS) is 11.0. The van der Waals surface area contributed by atoms with Crippen LogP contribution in [0.15, 0.2) is 71.3 Å². The van der Waals surface area contributed by atoms with E-state index in [0.29, 0.717) is 11.4 Å². The Morgan fingerprint density at radius 3 is 2.69 bits per heavy atom. The number of nitrogens with zero attached hydrogens (tertiary/aromatic N) is 1. The van der Waals surface area contributed by atoms with Crippen LogP contribution in [0.25, 0.3) is 22.3 Å². The van der Waals surface area contributed by atoms with Gasteiger partial charge in [0.05, 0.1) is 11.4 Å². The van der Waals surface area contributed by atoms with Crippen LogP contribution >= 0.6 is 27.5 Å². The summed E-state index contributed by atoms with van der Waals surface area (Å²) in [5.74, 6) is 0.00424. The lowest BCUT2D eigenvalue weighted by Gasteiger charge is -2.07. The van der Waals surface area contributed by atoms with Crippen LogP contribution in [-0.4, -0.2) is 15.9 Å². The molecule has 0 aliphatic heterocycles. The van der Waals surface area contributed by atoms with Gasteiger partial charge in [-0.2, -0.15) is 0 Å². The van der Waals surface area contributed by atoms with E-state index in [9.17, 15) is 4.79 Å². The number of pyridine rings is 1. The van der Waals surface area contributed by atoms with E-state index in [1.165, 1.54) is 0 Å². The molecule has 4 aromatic rings. The van der Waals surface area contributed by atoms with E-state index in [1.54, 1.807) is 6.20 Å². The Labute approximate surface area is 182 Å². The predicted molar refractivity (Wildman–Crippen MR) is 122 cm³/mol. The van der Waals surface area contributed by atoms with Gasteiger partial charge in [-0.1, -0.05) is 33.6 Å². The van der Waals surface area contributed by atoms with Gasteiger partial charge in [0.1, 0.15) is 0 Å². The average Bonchev–Trinajstić information content (AvgIpc) is 3.08. The molecule has 0 aliphatic rings. The number of H-pyrrole nitrogens is 1. The molecule has 0 unspecified atom stereocenters. The molecular weight excluding hydrogens is 450 g/mol. The number of amides is 1. The molecule has 2 heterocycles. The van der Waals surface area contributed by atoms with Gasteiger partial charge in [0.25, 0.3) is 0 Å². The van der Waals surface area contributed by atoms with Gasteiger partial charge < -0.3 is 10.3 Å². The van der Waals surface area contributed by atoms with Crippen molar-refractivity contribution in [2.45, 2.75) is 19.3 Å². The van der Waals surface area contributed by atoms with Crippen molar-refractivity contribution in [3.63, 3.8) is 0 Å². The first kappa shape index (κ1) is 19.7. The smallest absolute Gasteiger partial charge is 0.224 e. The fourth-order valence-corrected chi connectivity index (χ4v) is 3.83. The van der Waals surface area contributed by atoms with E-state index >= 15 is 0 Å². The van der Waals surface area contributed by atoms with Crippen LogP contribution < -0.4 is 5.32 Å². The highest BCUT2D eigenvalue weighted by atomic mass is 79.9. The van der Waals surface area contributed by atoms with Crippen molar-refractivity contribution < 1.29 is 4.79 Å². The lowest BCUT2D eigenvalue weighted by molar-refractivity contribution is -0.116. The predicted octanol–water partition coefficient (Wildman–Crippen LogP) is 6.61. The van der Waals surface area contributed by atoms with Gasteiger partial charge in [0.2, 0.25) is 5.91 Å². The van der Waals surface area contributed by atoms with Gasteiger partial charge in [-0.15, -0.1) is 0 Å². The number of aromatic nitrogens is 2. The summed E-state index contributed by atoms with van der Waals surface area (Å²) in [5.41, 5.74) is 4.82. The number of benzene rings is 2. The molecule has 0 spiro atoms. The SMILES string of the molecule is O=C(CCCc1c(-c2ccccn2)[nH]c2ccc(Cl)cc12)Nc1ccc(Br)cc1. The van der Waals surface area contributed by atoms with Crippen LogP contribution in [0.4, 0.5) is 5.69 Å². The Hall–Kier alpha value is -2.63. The fourth-order valence-electron chi connectivity index (χ4n) is 3.39. The number of carbonyl (C=O) groups excluding carboxylic acids is 1. The highest BCUT2D eigenvalue weighted by Gasteiger charge is 2.15. The van der Waals surface area contributed by atoms with Crippen molar-refractivity contribution in [3.05, 3.63) is 81.9 Å². The van der Waals surface area contributed by atoms with E-state index in [0.717, 1.165) is 50.9 Å². The van der Waals surface area contributed by atoms with Gasteiger partial charge in [0.15, 0.2) is 0 Å². The largest absolute Gasteiger partial charge is 0.353 e. The monoisotopic (exact) mass is 467 g/mol. The Morgan fingerprint density at radius 2 is 1.93 bits per heavy atom. The molecule has 0 saturated heterocycles. The number of hydrogen-bond donors (Lipinski definition) is 2. The minimum atomic E-state index is 0.00424. The van der Waals surface area contributed by atoms with Crippen molar-refractivity contribution in [3.8, 4) is 11.4 Å². The van der Waals surface area contributed by atoms with Gasteiger partial charge in [-0.05, 0) is 73.0 Å². The maximum absolute atomic E-state index is 12.3. The third-order valence-corrected chi connectivity index (χ3v) is 5.51. The maximum atomic E-state index is 12.3. The van der Waals surface area contributed by atoms with Gasteiger partial charge in [-0.3, -0.25) is 9.78 Å². The van der Waals surface area contributed by atoms with Crippen LogP contribution in [0.2, 0.25) is 5.02 Å². The molecule has 0 radical (unpaired) electrons. The molecule has 0 fully saturated rings. The minimum Gasteiger partial charge on any atom is -0.353 e. The number of aryl methyl sites for hydroxylation is 1. The van der Waals surface area contributed by atoms with Crippen LogP contribution in [0.3, 0.4) is 0 Å². The van der Waals surface area contributed by atoms with Gasteiger partial charge in [0, 0.05) is 38.7 Å². The van der Waals surface area contributed by atoms with E-state index in [2.05, 4.69) is 31.2 Å². The molecule has 0 atom stereocenters. The number of anilines is 1. The highest BCUT2D eigenvalue weighted by Crippen LogP contribution is 2.32. The minimum absolute atomic E-state index is 0.00424. The maximum Gasteiger partial charge on any atom is 0.224 e. The second kappa shape index (κ2) is 8.80. The summed E-state index contributed by atoms with van der Waals surface area (Å²) >= 11 is 9.63. The number of rotatable bonds is 6. The molecule has 29 heavy (non-hydrogen) atoms. The zero-order valence-electron chi connectivity index (χ0n) is 15.6. The second-order valence-corrected chi connectivity index (χ2v) is 8.14. The summed E-state index contributed by atoms with van der Waals surface area (Å²) in [6.07, 6.45) is 3.69. The molecule has 2 N–H and O–H groups in total. The molecule has 6 heteroatoms. The third kappa shape index (κ3) is 4.69. The standard InChI is InChI=1S/C23H19BrClN3O/c24-15-7-10-17(11-8-15)27-22(29)6-3-4-18-19-14-16(25)9-12-20(19)28-23(18)21-5-1-2-13-26-21/h1-2,5,7-14,28H,3-4,6H2,(H,27,29).